The molecule has 2 rings (SSSR count). The number of nitrogens with two attached hydrogens (primary N) is 1. The van der Waals surface area contributed by atoms with E-state index in [1.54, 1.807) is 0 Å². The van der Waals surface area contributed by atoms with Gasteiger partial charge in [-0.3, -0.25) is 4.79 Å². The Labute approximate surface area is 84.4 Å². The Balaban J connectivity index is 2.19. The second-order valence-corrected chi connectivity index (χ2v) is 4.50. The lowest BCUT2D eigenvalue weighted by molar-refractivity contribution is -0.176. The molecule has 2 fully saturated rings. The topological polar surface area (TPSA) is 55.6 Å². The number of carbonyl (C=O) groups excluding carboxylic acids is 1. The highest BCUT2D eigenvalue weighted by atomic mass is 16.5. The van der Waals surface area contributed by atoms with Crippen LogP contribution in [0.5, 0.6) is 0 Å². The SMILES string of the molecule is CC(C)N1C(=O)[C@H](N)C12CCOCC2. The highest BCUT2D eigenvalue weighted by Gasteiger charge is 2.59. The molecule has 2 heterocycles. The van der Waals surface area contributed by atoms with E-state index in [1.165, 1.54) is 0 Å². The van der Waals surface area contributed by atoms with E-state index in [2.05, 4.69) is 0 Å². The maximum Gasteiger partial charge on any atom is 0.242 e. The van der Waals surface area contributed by atoms with E-state index in [4.69, 9.17) is 10.5 Å². The van der Waals surface area contributed by atoms with E-state index in [9.17, 15) is 4.79 Å². The third-order valence-electron chi connectivity index (χ3n) is 3.44. The summed E-state index contributed by atoms with van der Waals surface area (Å²) in [5, 5.41) is 0. The molecule has 0 radical (unpaired) electrons. The minimum absolute atomic E-state index is 0.0937. The van der Waals surface area contributed by atoms with Crippen LogP contribution < -0.4 is 5.73 Å². The summed E-state index contributed by atoms with van der Waals surface area (Å²) in [5.74, 6) is 0.0990. The van der Waals surface area contributed by atoms with Crippen LogP contribution in [0.2, 0.25) is 0 Å². The molecule has 0 unspecified atom stereocenters. The average molecular weight is 198 g/mol. The summed E-state index contributed by atoms with van der Waals surface area (Å²) in [5.41, 5.74) is 5.82. The lowest BCUT2D eigenvalue weighted by atomic mass is 9.72. The van der Waals surface area contributed by atoms with E-state index >= 15 is 0 Å². The molecule has 0 aliphatic carbocycles. The van der Waals surface area contributed by atoms with Crippen molar-refractivity contribution in [1.29, 1.82) is 0 Å². The fraction of sp³-hybridized carbons (Fsp3) is 0.900. The number of amides is 1. The molecule has 2 saturated heterocycles. The highest BCUT2D eigenvalue weighted by molar-refractivity contribution is 5.91. The average Bonchev–Trinajstić information content (AvgIpc) is 2.18. The van der Waals surface area contributed by atoms with Gasteiger partial charge in [-0.15, -0.1) is 0 Å². The maximum absolute atomic E-state index is 11.6. The number of hydrogen-bond acceptors (Lipinski definition) is 3. The first kappa shape index (κ1) is 9.93. The van der Waals surface area contributed by atoms with Crippen LogP contribution in [-0.4, -0.2) is 41.6 Å². The number of rotatable bonds is 1. The van der Waals surface area contributed by atoms with Gasteiger partial charge in [0, 0.05) is 19.3 Å². The molecule has 2 aliphatic rings. The Bertz CT molecular complexity index is 247. The van der Waals surface area contributed by atoms with Gasteiger partial charge in [0.05, 0.1) is 5.54 Å². The van der Waals surface area contributed by atoms with Crippen molar-refractivity contribution in [2.45, 2.75) is 44.3 Å². The van der Waals surface area contributed by atoms with E-state index in [0.29, 0.717) is 0 Å². The van der Waals surface area contributed by atoms with Crippen LogP contribution in [0.3, 0.4) is 0 Å². The number of nitrogens with zero attached hydrogens (tertiary/aromatic N) is 1. The van der Waals surface area contributed by atoms with Crippen molar-refractivity contribution in [3.63, 3.8) is 0 Å². The largest absolute Gasteiger partial charge is 0.381 e. The fourth-order valence-electron chi connectivity index (χ4n) is 2.73. The molecule has 14 heavy (non-hydrogen) atoms. The zero-order valence-corrected chi connectivity index (χ0v) is 8.82. The maximum atomic E-state index is 11.6. The van der Waals surface area contributed by atoms with Crippen LogP contribution in [0, 0.1) is 0 Å². The Kier molecular flexibility index (Phi) is 2.27. The summed E-state index contributed by atoms with van der Waals surface area (Å²) in [4.78, 5) is 13.6. The van der Waals surface area contributed by atoms with Gasteiger partial charge in [0.1, 0.15) is 6.04 Å². The van der Waals surface area contributed by atoms with Gasteiger partial charge in [-0.1, -0.05) is 0 Å². The minimum atomic E-state index is -0.297. The Hall–Kier alpha value is -0.610. The summed E-state index contributed by atoms with van der Waals surface area (Å²) in [6.07, 6.45) is 1.77. The zero-order valence-electron chi connectivity index (χ0n) is 8.82. The van der Waals surface area contributed by atoms with E-state index < -0.39 is 0 Å². The second kappa shape index (κ2) is 3.21. The normalized spacial score (nSPS) is 31.0. The van der Waals surface area contributed by atoms with E-state index in [0.717, 1.165) is 26.1 Å². The summed E-state index contributed by atoms with van der Waals surface area (Å²) in [7, 11) is 0. The number of β-lactam (4-membered cyclic amide) rings is 1. The first-order valence-electron chi connectivity index (χ1n) is 5.26. The summed E-state index contributed by atoms with van der Waals surface area (Å²) in [6.45, 7) is 5.54. The Morgan fingerprint density at radius 3 is 2.57 bits per heavy atom. The molecule has 2 aliphatic heterocycles. The van der Waals surface area contributed by atoms with Gasteiger partial charge < -0.3 is 15.4 Å². The predicted molar refractivity (Wildman–Crippen MR) is 52.7 cm³/mol. The van der Waals surface area contributed by atoms with Crippen molar-refractivity contribution >= 4 is 5.91 Å². The molecular formula is C10H18N2O2. The number of carbonyl (C=O) groups is 1. The molecule has 1 amide bonds. The first-order chi connectivity index (χ1) is 6.59. The van der Waals surface area contributed by atoms with Gasteiger partial charge in [-0.2, -0.15) is 0 Å². The van der Waals surface area contributed by atoms with Gasteiger partial charge in [-0.05, 0) is 26.7 Å². The van der Waals surface area contributed by atoms with E-state index in [-0.39, 0.29) is 23.5 Å². The quantitative estimate of drug-likeness (QED) is 0.609. The molecule has 4 heteroatoms. The van der Waals surface area contributed by atoms with Crippen LogP contribution in [0.15, 0.2) is 0 Å². The monoisotopic (exact) mass is 198 g/mol. The molecule has 0 aromatic carbocycles. The third-order valence-corrected chi connectivity index (χ3v) is 3.44. The van der Waals surface area contributed by atoms with Crippen LogP contribution in [0.25, 0.3) is 0 Å². The molecular weight excluding hydrogens is 180 g/mol. The molecule has 0 bridgehead atoms. The van der Waals surface area contributed by atoms with Gasteiger partial charge in [0.25, 0.3) is 0 Å². The van der Waals surface area contributed by atoms with Gasteiger partial charge in [0.2, 0.25) is 5.91 Å². The molecule has 0 saturated carbocycles. The first-order valence-corrected chi connectivity index (χ1v) is 5.26. The van der Waals surface area contributed by atoms with E-state index in [1.807, 2.05) is 18.7 Å². The lowest BCUT2D eigenvalue weighted by Gasteiger charge is -2.59. The smallest absolute Gasteiger partial charge is 0.242 e. The van der Waals surface area contributed by atoms with Crippen LogP contribution in [-0.2, 0) is 9.53 Å². The minimum Gasteiger partial charge on any atom is -0.381 e. The van der Waals surface area contributed by atoms with Crippen LogP contribution >= 0.6 is 0 Å². The zero-order chi connectivity index (χ0) is 10.3. The molecule has 80 valence electrons. The van der Waals surface area contributed by atoms with Gasteiger partial charge in [-0.25, -0.2) is 0 Å². The number of hydrogen-bond donors (Lipinski definition) is 1. The van der Waals surface area contributed by atoms with Gasteiger partial charge >= 0.3 is 0 Å². The lowest BCUT2D eigenvalue weighted by Crippen LogP contribution is -2.80. The Morgan fingerprint density at radius 2 is 2.07 bits per heavy atom. The molecule has 1 spiro atoms. The fourth-order valence-corrected chi connectivity index (χ4v) is 2.73. The summed E-state index contributed by atoms with van der Waals surface area (Å²) in [6, 6.07) is -0.0470. The highest BCUT2D eigenvalue weighted by Crippen LogP contribution is 2.40. The van der Waals surface area contributed by atoms with Crippen molar-refractivity contribution in [3.8, 4) is 0 Å². The second-order valence-electron chi connectivity index (χ2n) is 4.50. The van der Waals surface area contributed by atoms with Gasteiger partial charge in [0.15, 0.2) is 0 Å². The molecule has 0 aromatic heterocycles. The molecule has 2 N–H and O–H groups in total. The predicted octanol–water partition coefficient (Wildman–Crippen LogP) is 0.113. The Morgan fingerprint density at radius 1 is 1.50 bits per heavy atom. The summed E-state index contributed by atoms with van der Waals surface area (Å²) >= 11 is 0. The molecule has 4 nitrogen and oxygen atoms in total. The molecule has 0 aromatic rings. The van der Waals surface area contributed by atoms with Crippen molar-refractivity contribution < 1.29 is 9.53 Å². The number of likely N-dealkylation sites (tertiary alicyclic amines) is 1. The van der Waals surface area contributed by atoms with Crippen molar-refractivity contribution in [2.24, 2.45) is 5.73 Å². The van der Waals surface area contributed by atoms with Crippen LogP contribution in [0.1, 0.15) is 26.7 Å². The number of ether oxygens (including phenoxy) is 1. The van der Waals surface area contributed by atoms with Crippen LogP contribution in [0.4, 0.5) is 0 Å². The third kappa shape index (κ3) is 1.10. The summed E-state index contributed by atoms with van der Waals surface area (Å²) < 4.78 is 5.32. The van der Waals surface area contributed by atoms with Crippen molar-refractivity contribution in [3.05, 3.63) is 0 Å². The standard InChI is InChI=1S/C10H18N2O2/c1-7(2)12-9(13)8(11)10(12)3-5-14-6-4-10/h7-8H,3-6,11H2,1-2H3/t8-/m0/s1. The molecule has 1 atom stereocenters. The van der Waals surface area contributed by atoms with Crippen molar-refractivity contribution in [2.75, 3.05) is 13.2 Å². The van der Waals surface area contributed by atoms with Crippen molar-refractivity contribution in [1.82, 2.24) is 4.90 Å².